The Morgan fingerprint density at radius 3 is 2.83 bits per heavy atom. The number of benzene rings is 1. The molecular weight excluding hydrogens is 379 g/mol. The number of aromatic nitrogens is 2. The van der Waals surface area contributed by atoms with Gasteiger partial charge in [0.05, 0.1) is 25.9 Å². The van der Waals surface area contributed by atoms with E-state index in [1.165, 1.54) is 18.2 Å². The Labute approximate surface area is 167 Å². The quantitative estimate of drug-likeness (QED) is 0.813. The van der Waals surface area contributed by atoms with Crippen molar-refractivity contribution < 1.29 is 23.5 Å². The first-order valence-electron chi connectivity index (χ1n) is 9.69. The van der Waals surface area contributed by atoms with Crippen LogP contribution in [-0.4, -0.2) is 65.5 Å². The minimum Gasteiger partial charge on any atom is -0.376 e. The van der Waals surface area contributed by atoms with E-state index in [-0.39, 0.29) is 29.4 Å². The number of halogens is 1. The zero-order valence-electron chi connectivity index (χ0n) is 16.0. The molecule has 0 spiro atoms. The lowest BCUT2D eigenvalue weighted by molar-refractivity contribution is -0.0855. The van der Waals surface area contributed by atoms with Crippen LogP contribution in [0.15, 0.2) is 30.3 Å². The lowest BCUT2D eigenvalue weighted by atomic mass is 10.2. The van der Waals surface area contributed by atoms with E-state index in [9.17, 15) is 14.0 Å². The summed E-state index contributed by atoms with van der Waals surface area (Å²) >= 11 is 0. The Hall–Kier alpha value is -2.78. The van der Waals surface area contributed by atoms with Crippen LogP contribution in [-0.2, 0) is 22.6 Å². The largest absolute Gasteiger partial charge is 0.376 e. The molecule has 3 heterocycles. The zero-order chi connectivity index (χ0) is 20.2. The van der Waals surface area contributed by atoms with Crippen molar-refractivity contribution in [2.24, 2.45) is 0 Å². The fourth-order valence-electron chi connectivity index (χ4n) is 3.46. The minimum absolute atomic E-state index is 0.180. The number of carbonyl (C=O) groups excluding carboxylic acids is 2. The number of hydrogen-bond acceptors (Lipinski definition) is 5. The maximum Gasteiger partial charge on any atom is 0.272 e. The summed E-state index contributed by atoms with van der Waals surface area (Å²) in [6, 6.07) is 7.62. The van der Waals surface area contributed by atoms with Gasteiger partial charge in [0, 0.05) is 32.2 Å². The van der Waals surface area contributed by atoms with Gasteiger partial charge in [-0.25, -0.2) is 4.39 Å². The van der Waals surface area contributed by atoms with Gasteiger partial charge in [-0.1, -0.05) is 12.1 Å². The van der Waals surface area contributed by atoms with Gasteiger partial charge in [0.15, 0.2) is 5.69 Å². The molecule has 1 saturated heterocycles. The molecule has 1 N–H and O–H groups in total. The highest BCUT2D eigenvalue weighted by Gasteiger charge is 2.26. The number of ether oxygens (including phenoxy) is 2. The van der Waals surface area contributed by atoms with Crippen molar-refractivity contribution in [1.82, 2.24) is 20.0 Å². The first kappa shape index (κ1) is 19.5. The first-order valence-corrected chi connectivity index (χ1v) is 9.69. The summed E-state index contributed by atoms with van der Waals surface area (Å²) in [5.74, 6) is -0.852. The summed E-state index contributed by atoms with van der Waals surface area (Å²) in [7, 11) is 0. The Bertz CT molecular complexity index is 877. The fourth-order valence-corrected chi connectivity index (χ4v) is 3.46. The standard InChI is InChI=1S/C20H23FN4O4/c21-15-4-2-14(3-5-15)12-24-6-1-7-25-18(20(24)27)10-17(23-25)19(26)22-11-16-13-28-8-9-29-16/h2-5,10,16H,1,6-9,11-13H2,(H,22,26)/t16-/m0/s1. The summed E-state index contributed by atoms with van der Waals surface area (Å²) in [5.41, 5.74) is 1.43. The predicted molar refractivity (Wildman–Crippen MR) is 101 cm³/mol. The van der Waals surface area contributed by atoms with Crippen LogP contribution in [0.3, 0.4) is 0 Å². The van der Waals surface area contributed by atoms with Gasteiger partial charge in [-0.2, -0.15) is 5.10 Å². The van der Waals surface area contributed by atoms with Crippen LogP contribution in [0.4, 0.5) is 4.39 Å². The van der Waals surface area contributed by atoms with Crippen LogP contribution in [0.5, 0.6) is 0 Å². The first-order chi connectivity index (χ1) is 14.1. The van der Waals surface area contributed by atoms with E-state index in [0.29, 0.717) is 51.7 Å². The smallest absolute Gasteiger partial charge is 0.272 e. The van der Waals surface area contributed by atoms with Crippen molar-refractivity contribution in [2.45, 2.75) is 25.6 Å². The van der Waals surface area contributed by atoms with Gasteiger partial charge < -0.3 is 19.7 Å². The van der Waals surface area contributed by atoms with Gasteiger partial charge in [-0.3, -0.25) is 14.3 Å². The molecule has 29 heavy (non-hydrogen) atoms. The van der Waals surface area contributed by atoms with Crippen molar-refractivity contribution in [3.05, 3.63) is 53.1 Å². The third-order valence-electron chi connectivity index (χ3n) is 4.98. The van der Waals surface area contributed by atoms with Gasteiger partial charge in [-0.15, -0.1) is 0 Å². The molecule has 9 heteroatoms. The molecule has 0 bridgehead atoms. The van der Waals surface area contributed by atoms with Crippen LogP contribution in [0, 0.1) is 5.82 Å². The lowest BCUT2D eigenvalue weighted by Gasteiger charge is -2.22. The minimum atomic E-state index is -0.349. The predicted octanol–water partition coefficient (Wildman–Crippen LogP) is 1.21. The number of aryl methyl sites for hydroxylation is 1. The molecule has 2 aliphatic heterocycles. The second-order valence-electron chi connectivity index (χ2n) is 7.12. The van der Waals surface area contributed by atoms with Crippen LogP contribution in [0.1, 0.15) is 33.0 Å². The summed E-state index contributed by atoms with van der Waals surface area (Å²) in [6.45, 7) is 3.34. The molecule has 0 radical (unpaired) electrons. The van der Waals surface area contributed by atoms with Crippen molar-refractivity contribution in [1.29, 1.82) is 0 Å². The van der Waals surface area contributed by atoms with Gasteiger partial charge in [0.1, 0.15) is 11.5 Å². The second-order valence-corrected chi connectivity index (χ2v) is 7.12. The summed E-state index contributed by atoms with van der Waals surface area (Å²) in [6.07, 6.45) is 0.539. The Kier molecular flexibility index (Phi) is 5.86. The van der Waals surface area contributed by atoms with Gasteiger partial charge in [0.2, 0.25) is 0 Å². The molecule has 2 aliphatic rings. The molecule has 4 rings (SSSR count). The summed E-state index contributed by atoms with van der Waals surface area (Å²) < 4.78 is 25.5. The molecule has 8 nitrogen and oxygen atoms in total. The highest BCUT2D eigenvalue weighted by atomic mass is 19.1. The number of nitrogens with zero attached hydrogens (tertiary/aromatic N) is 3. The molecule has 0 aliphatic carbocycles. The average Bonchev–Trinajstić information content (AvgIpc) is 3.11. The van der Waals surface area contributed by atoms with Crippen LogP contribution >= 0.6 is 0 Å². The molecular formula is C20H23FN4O4. The maximum atomic E-state index is 13.1. The summed E-state index contributed by atoms with van der Waals surface area (Å²) in [4.78, 5) is 27.1. The maximum absolute atomic E-state index is 13.1. The van der Waals surface area contributed by atoms with Crippen LogP contribution in [0.2, 0.25) is 0 Å². The molecule has 0 unspecified atom stereocenters. The zero-order valence-corrected chi connectivity index (χ0v) is 16.0. The Balaban J connectivity index is 1.43. The number of amides is 2. The lowest BCUT2D eigenvalue weighted by Crippen LogP contribution is -2.39. The number of rotatable bonds is 5. The van der Waals surface area contributed by atoms with Crippen molar-refractivity contribution in [3.8, 4) is 0 Å². The van der Waals surface area contributed by atoms with E-state index in [4.69, 9.17) is 9.47 Å². The van der Waals surface area contributed by atoms with E-state index < -0.39 is 0 Å². The summed E-state index contributed by atoms with van der Waals surface area (Å²) in [5, 5.41) is 7.10. The third kappa shape index (κ3) is 4.63. The molecule has 2 amide bonds. The average molecular weight is 402 g/mol. The molecule has 1 fully saturated rings. The highest BCUT2D eigenvalue weighted by molar-refractivity contribution is 5.98. The molecule has 2 aromatic rings. The van der Waals surface area contributed by atoms with E-state index >= 15 is 0 Å². The van der Waals surface area contributed by atoms with Gasteiger partial charge in [0.25, 0.3) is 11.8 Å². The molecule has 1 atom stereocenters. The monoisotopic (exact) mass is 402 g/mol. The SMILES string of the molecule is O=C(NC[C@H]1COCCO1)c1cc2n(n1)CCCN(Cc1ccc(F)cc1)C2=O. The Morgan fingerprint density at radius 1 is 1.24 bits per heavy atom. The van der Waals surface area contributed by atoms with E-state index in [1.54, 1.807) is 21.7 Å². The highest BCUT2D eigenvalue weighted by Crippen LogP contribution is 2.17. The van der Waals surface area contributed by atoms with Gasteiger partial charge >= 0.3 is 0 Å². The fraction of sp³-hybridized carbons (Fsp3) is 0.450. The van der Waals surface area contributed by atoms with Crippen molar-refractivity contribution in [2.75, 3.05) is 32.9 Å². The van der Waals surface area contributed by atoms with E-state index in [2.05, 4.69) is 10.4 Å². The number of nitrogens with one attached hydrogen (secondary N) is 1. The molecule has 0 saturated carbocycles. The molecule has 154 valence electrons. The van der Waals surface area contributed by atoms with E-state index in [1.807, 2.05) is 0 Å². The third-order valence-corrected chi connectivity index (χ3v) is 4.98. The number of carbonyl (C=O) groups is 2. The molecule has 1 aromatic carbocycles. The second kappa shape index (κ2) is 8.71. The van der Waals surface area contributed by atoms with Crippen molar-refractivity contribution in [3.63, 3.8) is 0 Å². The van der Waals surface area contributed by atoms with Gasteiger partial charge in [-0.05, 0) is 24.1 Å². The molecule has 1 aromatic heterocycles. The van der Waals surface area contributed by atoms with E-state index in [0.717, 1.165) is 12.0 Å². The number of fused-ring (bicyclic) bond motifs is 1. The number of hydrogen-bond donors (Lipinski definition) is 1. The van der Waals surface area contributed by atoms with Crippen molar-refractivity contribution >= 4 is 11.8 Å². The topological polar surface area (TPSA) is 85.7 Å². The Morgan fingerprint density at radius 2 is 2.07 bits per heavy atom. The normalized spacial score (nSPS) is 19.6. The van der Waals surface area contributed by atoms with Crippen LogP contribution in [0.25, 0.3) is 0 Å². The van der Waals surface area contributed by atoms with Crippen LogP contribution < -0.4 is 5.32 Å².